The molecule has 0 atom stereocenters. The summed E-state index contributed by atoms with van der Waals surface area (Å²) in [4.78, 5) is 7.20. The summed E-state index contributed by atoms with van der Waals surface area (Å²) in [5, 5.41) is 0. The molecule has 0 bridgehead atoms. The van der Waals surface area contributed by atoms with Crippen LogP contribution >= 0.6 is 0 Å². The maximum Gasteiger partial charge on any atom is 0.106 e. The molecule has 122 valence electrons. The van der Waals surface area contributed by atoms with E-state index in [2.05, 4.69) is 68.3 Å². The summed E-state index contributed by atoms with van der Waals surface area (Å²) in [5.41, 5.74) is 9.49. The molecule has 1 heterocycles. The Kier molecular flexibility index (Phi) is 3.76. The SMILES string of the molecule is CC1=NC2=C(CCC3=C2C=CCC3)/C(=C/c2ccccc2C)N1C. The summed E-state index contributed by atoms with van der Waals surface area (Å²) in [5.74, 6) is 1.07. The van der Waals surface area contributed by atoms with Crippen LogP contribution in [0.25, 0.3) is 6.08 Å². The van der Waals surface area contributed by atoms with Crippen LogP contribution in [-0.4, -0.2) is 17.8 Å². The van der Waals surface area contributed by atoms with Crippen LogP contribution in [0, 0.1) is 6.92 Å². The maximum atomic E-state index is 4.96. The molecule has 1 aliphatic heterocycles. The molecule has 0 fully saturated rings. The Bertz CT molecular complexity index is 846. The zero-order valence-corrected chi connectivity index (χ0v) is 14.8. The second-order valence-electron chi connectivity index (χ2n) is 6.89. The van der Waals surface area contributed by atoms with E-state index in [1.165, 1.54) is 52.9 Å². The number of benzene rings is 1. The minimum Gasteiger partial charge on any atom is -0.333 e. The summed E-state index contributed by atoms with van der Waals surface area (Å²) < 4.78 is 0. The smallest absolute Gasteiger partial charge is 0.106 e. The van der Waals surface area contributed by atoms with Gasteiger partial charge in [-0.15, -0.1) is 0 Å². The van der Waals surface area contributed by atoms with Gasteiger partial charge in [0.05, 0.1) is 5.70 Å². The van der Waals surface area contributed by atoms with Crippen LogP contribution in [0.1, 0.15) is 43.7 Å². The topological polar surface area (TPSA) is 15.6 Å². The number of allylic oxidation sites excluding steroid dienone is 4. The van der Waals surface area contributed by atoms with E-state index in [1.807, 2.05) is 0 Å². The lowest BCUT2D eigenvalue weighted by Crippen LogP contribution is -2.30. The number of aryl methyl sites for hydroxylation is 1. The van der Waals surface area contributed by atoms with Crippen LogP contribution in [0.4, 0.5) is 0 Å². The van der Waals surface area contributed by atoms with E-state index in [-0.39, 0.29) is 0 Å². The molecule has 0 unspecified atom stereocenters. The molecular formula is C22H24N2. The van der Waals surface area contributed by atoms with E-state index < -0.39 is 0 Å². The molecule has 2 nitrogen and oxygen atoms in total. The molecule has 2 aliphatic carbocycles. The molecule has 0 spiro atoms. The first kappa shape index (κ1) is 15.2. The van der Waals surface area contributed by atoms with Crippen molar-refractivity contribution in [2.45, 2.75) is 39.5 Å². The molecule has 1 aromatic rings. The standard InChI is InChI=1S/C22H24N2/c1-15-8-4-5-10-18(15)14-21-20-13-12-17-9-6-7-11-19(17)22(20)23-16(2)24(21)3/h4-5,7-8,10-11,14H,6,9,12-13H2,1-3H3/b21-14-. The van der Waals surface area contributed by atoms with E-state index in [1.54, 1.807) is 5.57 Å². The van der Waals surface area contributed by atoms with Crippen molar-refractivity contribution in [1.82, 2.24) is 4.90 Å². The normalized spacial score (nSPS) is 21.9. The van der Waals surface area contributed by atoms with Gasteiger partial charge in [-0.25, -0.2) is 4.99 Å². The molecule has 0 amide bonds. The first-order valence-electron chi connectivity index (χ1n) is 8.84. The average molecular weight is 316 g/mol. The number of amidine groups is 1. The fraction of sp³-hybridized carbons (Fsp3) is 0.318. The van der Waals surface area contributed by atoms with Crippen molar-refractivity contribution in [1.29, 1.82) is 0 Å². The number of rotatable bonds is 1. The fourth-order valence-electron chi connectivity index (χ4n) is 3.84. The third-order valence-electron chi connectivity index (χ3n) is 5.41. The third-order valence-corrected chi connectivity index (χ3v) is 5.41. The second-order valence-corrected chi connectivity index (χ2v) is 6.89. The molecule has 2 heteroatoms. The van der Waals surface area contributed by atoms with Crippen LogP contribution in [0.15, 0.2) is 69.5 Å². The summed E-state index contributed by atoms with van der Waals surface area (Å²) in [6, 6.07) is 8.59. The van der Waals surface area contributed by atoms with Crippen molar-refractivity contribution < 1.29 is 0 Å². The largest absolute Gasteiger partial charge is 0.333 e. The van der Waals surface area contributed by atoms with Crippen LogP contribution < -0.4 is 0 Å². The van der Waals surface area contributed by atoms with E-state index in [4.69, 9.17) is 4.99 Å². The molecule has 4 rings (SSSR count). The van der Waals surface area contributed by atoms with Gasteiger partial charge in [0.1, 0.15) is 5.84 Å². The first-order valence-corrected chi connectivity index (χ1v) is 8.84. The molecule has 0 saturated heterocycles. The summed E-state index contributed by atoms with van der Waals surface area (Å²) >= 11 is 0. The quantitative estimate of drug-likeness (QED) is 0.678. The van der Waals surface area contributed by atoms with Gasteiger partial charge in [0.2, 0.25) is 0 Å². The minimum atomic E-state index is 1.07. The average Bonchev–Trinajstić information content (AvgIpc) is 2.60. The van der Waals surface area contributed by atoms with Crippen molar-refractivity contribution in [2.24, 2.45) is 4.99 Å². The highest BCUT2D eigenvalue weighted by molar-refractivity contribution is 5.88. The lowest BCUT2D eigenvalue weighted by molar-refractivity contribution is 0.604. The number of fused-ring (bicyclic) bond motifs is 1. The first-order chi connectivity index (χ1) is 11.6. The molecule has 24 heavy (non-hydrogen) atoms. The van der Waals surface area contributed by atoms with E-state index in [0.717, 1.165) is 12.3 Å². The number of nitrogens with zero attached hydrogens (tertiary/aromatic N) is 2. The number of hydrogen-bond donors (Lipinski definition) is 0. The van der Waals surface area contributed by atoms with Gasteiger partial charge >= 0.3 is 0 Å². The Labute approximate surface area is 144 Å². The monoisotopic (exact) mass is 316 g/mol. The maximum absolute atomic E-state index is 4.96. The Morgan fingerprint density at radius 2 is 1.92 bits per heavy atom. The van der Waals surface area contributed by atoms with E-state index in [9.17, 15) is 0 Å². The van der Waals surface area contributed by atoms with Gasteiger partial charge in [0.15, 0.2) is 0 Å². The van der Waals surface area contributed by atoms with Gasteiger partial charge in [-0.2, -0.15) is 0 Å². The van der Waals surface area contributed by atoms with E-state index >= 15 is 0 Å². The zero-order chi connectivity index (χ0) is 16.7. The minimum absolute atomic E-state index is 1.07. The van der Waals surface area contributed by atoms with Crippen molar-refractivity contribution in [3.8, 4) is 0 Å². The van der Waals surface area contributed by atoms with Crippen molar-refractivity contribution in [3.05, 3.63) is 75.7 Å². The molecular weight excluding hydrogens is 292 g/mol. The Balaban J connectivity index is 1.87. The summed E-state index contributed by atoms with van der Waals surface area (Å²) in [7, 11) is 2.13. The van der Waals surface area contributed by atoms with Gasteiger partial charge < -0.3 is 4.90 Å². The van der Waals surface area contributed by atoms with Gasteiger partial charge in [-0.3, -0.25) is 0 Å². The second kappa shape index (κ2) is 5.94. The molecule has 0 radical (unpaired) electrons. The Hall–Kier alpha value is -2.35. The zero-order valence-electron chi connectivity index (χ0n) is 14.8. The summed E-state index contributed by atoms with van der Waals surface area (Å²) in [6.07, 6.45) is 11.6. The van der Waals surface area contributed by atoms with Gasteiger partial charge in [-0.1, -0.05) is 42.0 Å². The highest BCUT2D eigenvalue weighted by Crippen LogP contribution is 2.42. The molecule has 0 N–H and O–H groups in total. The van der Waals surface area contributed by atoms with Crippen LogP contribution in [0.2, 0.25) is 0 Å². The predicted octanol–water partition coefficient (Wildman–Crippen LogP) is 5.39. The van der Waals surface area contributed by atoms with Crippen molar-refractivity contribution in [2.75, 3.05) is 7.05 Å². The molecule has 0 aromatic heterocycles. The number of hydrogen-bond acceptors (Lipinski definition) is 2. The lowest BCUT2D eigenvalue weighted by Gasteiger charge is -2.34. The highest BCUT2D eigenvalue weighted by atomic mass is 15.2. The highest BCUT2D eigenvalue weighted by Gasteiger charge is 2.29. The third kappa shape index (κ3) is 2.47. The van der Waals surface area contributed by atoms with Crippen LogP contribution in [0.5, 0.6) is 0 Å². The lowest BCUT2D eigenvalue weighted by atomic mass is 9.82. The predicted molar refractivity (Wildman–Crippen MR) is 102 cm³/mol. The van der Waals surface area contributed by atoms with Gasteiger partial charge in [0, 0.05) is 18.3 Å². The van der Waals surface area contributed by atoms with Gasteiger partial charge in [-0.05, 0) is 62.3 Å². The molecule has 1 aromatic carbocycles. The number of aliphatic imine (C=N–C) groups is 1. The number of likely N-dealkylation sites (N-methyl/N-ethyl adjacent to an activating group) is 1. The van der Waals surface area contributed by atoms with Crippen molar-refractivity contribution >= 4 is 11.9 Å². The Morgan fingerprint density at radius 1 is 1.08 bits per heavy atom. The molecule has 0 saturated carbocycles. The van der Waals surface area contributed by atoms with Gasteiger partial charge in [0.25, 0.3) is 0 Å². The molecule has 3 aliphatic rings. The summed E-state index contributed by atoms with van der Waals surface area (Å²) in [6.45, 7) is 4.29. The fourth-order valence-corrected chi connectivity index (χ4v) is 3.84. The Morgan fingerprint density at radius 3 is 2.75 bits per heavy atom. The van der Waals surface area contributed by atoms with E-state index in [0.29, 0.717) is 0 Å². The van der Waals surface area contributed by atoms with Crippen LogP contribution in [-0.2, 0) is 0 Å². The van der Waals surface area contributed by atoms with Crippen LogP contribution in [0.3, 0.4) is 0 Å². The van der Waals surface area contributed by atoms with Crippen molar-refractivity contribution in [3.63, 3.8) is 0 Å².